The summed E-state index contributed by atoms with van der Waals surface area (Å²) >= 11 is 1.37. The van der Waals surface area contributed by atoms with Crippen LogP contribution in [-0.2, 0) is 11.3 Å². The summed E-state index contributed by atoms with van der Waals surface area (Å²) in [4.78, 5) is 32.6. The Balaban J connectivity index is 1.38. The quantitative estimate of drug-likeness (QED) is 0.656. The number of pyridine rings is 1. The van der Waals surface area contributed by atoms with Crippen molar-refractivity contribution in [2.45, 2.75) is 31.8 Å². The number of nitrogens with zero attached hydrogens (tertiary/aromatic N) is 3. The Morgan fingerprint density at radius 1 is 1.34 bits per heavy atom. The number of nitrogens with one attached hydrogen (secondary N) is 2. The number of piperidine rings is 1. The molecule has 0 aromatic carbocycles. The van der Waals surface area contributed by atoms with Crippen LogP contribution < -0.4 is 10.6 Å². The van der Waals surface area contributed by atoms with Crippen molar-refractivity contribution in [3.05, 3.63) is 71.3 Å². The predicted octanol–water partition coefficient (Wildman–Crippen LogP) is 3.32. The Morgan fingerprint density at radius 3 is 3.03 bits per heavy atom. The lowest BCUT2D eigenvalue weighted by Gasteiger charge is -2.19. The summed E-state index contributed by atoms with van der Waals surface area (Å²) in [6.45, 7) is 0.594. The Labute approximate surface area is 172 Å². The largest absolute Gasteiger partial charge is 0.350 e. The van der Waals surface area contributed by atoms with E-state index in [0.29, 0.717) is 23.8 Å². The van der Waals surface area contributed by atoms with Crippen LogP contribution in [-0.4, -0.2) is 32.4 Å². The molecule has 29 heavy (non-hydrogen) atoms. The SMILES string of the molecule is O=C1CCCC(/C=C/c2csc(NC(=O)c3cccn3Cc3ccncc3)n2)N1. The van der Waals surface area contributed by atoms with Crippen molar-refractivity contribution >= 4 is 34.4 Å². The van der Waals surface area contributed by atoms with Gasteiger partial charge in [-0.3, -0.25) is 19.9 Å². The van der Waals surface area contributed by atoms with Gasteiger partial charge in [0, 0.05) is 43.0 Å². The molecule has 1 saturated heterocycles. The number of carbonyl (C=O) groups is 2. The second-order valence-electron chi connectivity index (χ2n) is 6.83. The van der Waals surface area contributed by atoms with E-state index in [0.717, 1.165) is 24.1 Å². The van der Waals surface area contributed by atoms with Gasteiger partial charge in [0.25, 0.3) is 5.91 Å². The molecule has 1 unspecified atom stereocenters. The molecule has 7 nitrogen and oxygen atoms in total. The van der Waals surface area contributed by atoms with Gasteiger partial charge in [0.2, 0.25) is 5.91 Å². The topological polar surface area (TPSA) is 88.9 Å². The van der Waals surface area contributed by atoms with Crippen molar-refractivity contribution in [3.63, 3.8) is 0 Å². The third-order valence-electron chi connectivity index (χ3n) is 4.67. The van der Waals surface area contributed by atoms with Crippen molar-refractivity contribution in [2.75, 3.05) is 5.32 Å². The Bertz CT molecular complexity index is 1020. The highest BCUT2D eigenvalue weighted by Crippen LogP contribution is 2.19. The van der Waals surface area contributed by atoms with E-state index in [1.807, 2.05) is 46.5 Å². The fourth-order valence-electron chi connectivity index (χ4n) is 3.22. The van der Waals surface area contributed by atoms with Gasteiger partial charge in [0.15, 0.2) is 5.13 Å². The fraction of sp³-hybridized carbons (Fsp3) is 0.238. The van der Waals surface area contributed by atoms with E-state index in [2.05, 4.69) is 20.6 Å². The molecular formula is C21H21N5O2S. The number of carbonyl (C=O) groups excluding carboxylic acids is 2. The maximum atomic E-state index is 12.7. The van der Waals surface area contributed by atoms with Gasteiger partial charge in [-0.15, -0.1) is 11.3 Å². The molecule has 148 valence electrons. The zero-order valence-corrected chi connectivity index (χ0v) is 16.6. The maximum Gasteiger partial charge on any atom is 0.274 e. The average Bonchev–Trinajstić information content (AvgIpc) is 3.37. The molecule has 0 bridgehead atoms. The summed E-state index contributed by atoms with van der Waals surface area (Å²) in [6.07, 6.45) is 11.6. The summed E-state index contributed by atoms with van der Waals surface area (Å²) in [6, 6.07) is 7.54. The molecule has 0 spiro atoms. The minimum Gasteiger partial charge on any atom is -0.350 e. The van der Waals surface area contributed by atoms with Crippen LogP contribution in [0.3, 0.4) is 0 Å². The number of hydrogen-bond acceptors (Lipinski definition) is 5. The van der Waals surface area contributed by atoms with Crippen LogP contribution in [0.4, 0.5) is 5.13 Å². The van der Waals surface area contributed by atoms with E-state index >= 15 is 0 Å². The van der Waals surface area contributed by atoms with E-state index in [1.165, 1.54) is 11.3 Å². The standard InChI is InChI=1S/C21H21N5O2S/c27-19-5-1-3-16(23-19)6-7-17-14-29-21(24-17)25-20(28)18-4-2-12-26(18)13-15-8-10-22-11-9-15/h2,4,6-12,14,16H,1,3,5,13H2,(H,23,27)(H,24,25,28)/b7-6+. The molecule has 4 rings (SSSR count). The van der Waals surface area contributed by atoms with E-state index in [1.54, 1.807) is 18.5 Å². The fourth-order valence-corrected chi connectivity index (χ4v) is 3.89. The summed E-state index contributed by atoms with van der Waals surface area (Å²) < 4.78 is 1.89. The monoisotopic (exact) mass is 407 g/mol. The second kappa shape index (κ2) is 8.83. The van der Waals surface area contributed by atoms with Gasteiger partial charge in [0.05, 0.1) is 5.69 Å². The molecule has 1 fully saturated rings. The first-order chi connectivity index (χ1) is 14.2. The van der Waals surface area contributed by atoms with Gasteiger partial charge in [-0.2, -0.15) is 0 Å². The predicted molar refractivity (Wildman–Crippen MR) is 113 cm³/mol. The third kappa shape index (κ3) is 4.97. The molecule has 0 radical (unpaired) electrons. The highest BCUT2D eigenvalue weighted by Gasteiger charge is 2.16. The van der Waals surface area contributed by atoms with Gasteiger partial charge in [-0.25, -0.2) is 4.98 Å². The van der Waals surface area contributed by atoms with E-state index in [9.17, 15) is 9.59 Å². The van der Waals surface area contributed by atoms with Crippen molar-refractivity contribution in [3.8, 4) is 0 Å². The first-order valence-corrected chi connectivity index (χ1v) is 10.3. The number of rotatable bonds is 6. The first-order valence-electron chi connectivity index (χ1n) is 9.46. The lowest BCUT2D eigenvalue weighted by atomic mass is 10.0. The molecule has 1 atom stereocenters. The van der Waals surface area contributed by atoms with Gasteiger partial charge < -0.3 is 9.88 Å². The lowest BCUT2D eigenvalue weighted by Crippen LogP contribution is -2.37. The number of hydrogen-bond donors (Lipinski definition) is 2. The summed E-state index contributed by atoms with van der Waals surface area (Å²) in [5.41, 5.74) is 2.40. The highest BCUT2D eigenvalue weighted by atomic mass is 32.1. The zero-order chi connectivity index (χ0) is 20.1. The van der Waals surface area contributed by atoms with Crippen LogP contribution in [0.1, 0.15) is 41.0 Å². The van der Waals surface area contributed by atoms with Crippen molar-refractivity contribution in [2.24, 2.45) is 0 Å². The molecule has 3 aromatic rings. The molecule has 1 aliphatic rings. The number of anilines is 1. The Kier molecular flexibility index (Phi) is 5.81. The second-order valence-corrected chi connectivity index (χ2v) is 7.69. The van der Waals surface area contributed by atoms with E-state index in [4.69, 9.17) is 0 Å². The Morgan fingerprint density at radius 2 is 2.21 bits per heavy atom. The van der Waals surface area contributed by atoms with Crippen LogP contribution in [0.2, 0.25) is 0 Å². The average molecular weight is 407 g/mol. The minimum atomic E-state index is -0.200. The molecule has 4 heterocycles. The maximum absolute atomic E-state index is 12.7. The molecule has 0 aliphatic carbocycles. The normalized spacial score (nSPS) is 16.7. The van der Waals surface area contributed by atoms with E-state index < -0.39 is 0 Å². The zero-order valence-electron chi connectivity index (χ0n) is 15.7. The van der Waals surface area contributed by atoms with Gasteiger partial charge in [0.1, 0.15) is 5.69 Å². The first kappa shape index (κ1) is 19.1. The van der Waals surface area contributed by atoms with E-state index in [-0.39, 0.29) is 17.9 Å². The number of amides is 2. The molecule has 8 heteroatoms. The molecule has 2 N–H and O–H groups in total. The van der Waals surface area contributed by atoms with Gasteiger partial charge in [-0.05, 0) is 48.7 Å². The van der Waals surface area contributed by atoms with Crippen molar-refractivity contribution < 1.29 is 9.59 Å². The van der Waals surface area contributed by atoms with Crippen LogP contribution in [0.25, 0.3) is 6.08 Å². The summed E-state index contributed by atoms with van der Waals surface area (Å²) in [5.74, 6) is -0.111. The highest BCUT2D eigenvalue weighted by molar-refractivity contribution is 7.14. The molecule has 3 aromatic heterocycles. The van der Waals surface area contributed by atoms with Gasteiger partial charge in [-0.1, -0.05) is 6.08 Å². The number of thiazole rings is 1. The van der Waals surface area contributed by atoms with Gasteiger partial charge >= 0.3 is 0 Å². The number of aromatic nitrogens is 3. The van der Waals surface area contributed by atoms with Crippen LogP contribution >= 0.6 is 11.3 Å². The molecule has 2 amide bonds. The third-order valence-corrected chi connectivity index (χ3v) is 5.45. The minimum absolute atomic E-state index is 0.0486. The molecule has 0 saturated carbocycles. The molecule has 1 aliphatic heterocycles. The van der Waals surface area contributed by atoms with Crippen LogP contribution in [0.15, 0.2) is 54.3 Å². The molecular weight excluding hydrogens is 386 g/mol. The van der Waals surface area contributed by atoms with Crippen LogP contribution in [0.5, 0.6) is 0 Å². The summed E-state index contributed by atoms with van der Waals surface area (Å²) in [5, 5.41) is 8.23. The van der Waals surface area contributed by atoms with Crippen molar-refractivity contribution in [1.29, 1.82) is 0 Å². The van der Waals surface area contributed by atoms with Crippen molar-refractivity contribution in [1.82, 2.24) is 19.9 Å². The van der Waals surface area contributed by atoms with Crippen LogP contribution in [0, 0.1) is 0 Å². The smallest absolute Gasteiger partial charge is 0.274 e. The lowest BCUT2D eigenvalue weighted by molar-refractivity contribution is -0.122. The summed E-state index contributed by atoms with van der Waals surface area (Å²) in [7, 11) is 0. The Hall–Kier alpha value is -3.26.